The maximum atomic E-state index is 13.0. The fraction of sp³-hybridized carbons (Fsp3) is 0.296. The molecule has 2 N–H and O–H groups in total. The van der Waals surface area contributed by atoms with E-state index in [1.165, 1.54) is 11.3 Å². The van der Waals surface area contributed by atoms with Crippen molar-refractivity contribution in [1.82, 2.24) is 9.88 Å². The molecule has 0 saturated heterocycles. The highest BCUT2D eigenvalue weighted by atomic mass is 35.5. The molecule has 0 fully saturated rings. The monoisotopic (exact) mass is 524 g/mol. The molecule has 188 valence electrons. The fourth-order valence-corrected chi connectivity index (χ4v) is 4.19. The van der Waals surface area contributed by atoms with Crippen LogP contribution in [0.3, 0.4) is 0 Å². The van der Waals surface area contributed by atoms with Gasteiger partial charge in [0.1, 0.15) is 12.4 Å². The Hall–Kier alpha value is -3.38. The summed E-state index contributed by atoms with van der Waals surface area (Å²) in [5.41, 5.74) is 2.29. The number of likely N-dealkylation sites (N-methyl/N-ethyl adjacent to an activating group) is 1. The molecule has 0 unspecified atom stereocenters. The van der Waals surface area contributed by atoms with E-state index < -0.39 is 0 Å². The Bertz CT molecular complexity index is 1240. The smallest absolute Gasteiger partial charge is 0.257 e. The number of carbonyl (C=O) groups is 2. The van der Waals surface area contributed by atoms with Crippen molar-refractivity contribution >= 4 is 45.6 Å². The summed E-state index contributed by atoms with van der Waals surface area (Å²) < 4.78 is 5.87. The minimum atomic E-state index is -0.348. The van der Waals surface area contributed by atoms with Crippen molar-refractivity contribution in [1.29, 1.82) is 0 Å². The summed E-state index contributed by atoms with van der Waals surface area (Å²) in [7, 11) is 3.90. The van der Waals surface area contributed by atoms with Gasteiger partial charge in [0.05, 0.1) is 11.4 Å². The highest BCUT2D eigenvalue weighted by molar-refractivity contribution is 7.14. The molecule has 1 heterocycles. The average molecular weight is 525 g/mol. The second-order valence-electron chi connectivity index (χ2n) is 8.29. The molecule has 9 heteroatoms. The van der Waals surface area contributed by atoms with Gasteiger partial charge in [-0.25, -0.2) is 4.98 Å². The number of rotatable bonds is 12. The normalized spacial score (nSPS) is 10.6. The van der Waals surface area contributed by atoms with Gasteiger partial charge >= 0.3 is 0 Å². The van der Waals surface area contributed by atoms with E-state index in [0.29, 0.717) is 65.3 Å². The molecule has 2 aromatic carbocycles. The van der Waals surface area contributed by atoms with Gasteiger partial charge in [-0.15, -0.1) is 23.7 Å². The molecule has 0 aliphatic heterocycles. The average Bonchev–Trinajstić information content (AvgIpc) is 3.31. The van der Waals surface area contributed by atoms with Gasteiger partial charge in [-0.1, -0.05) is 29.8 Å². The Kier molecular flexibility index (Phi) is 10.3. The van der Waals surface area contributed by atoms with Crippen LogP contribution in [0.25, 0.3) is 11.3 Å². The van der Waals surface area contributed by atoms with E-state index in [2.05, 4.69) is 21.5 Å². The zero-order valence-corrected chi connectivity index (χ0v) is 21.9. The Morgan fingerprint density at radius 3 is 2.72 bits per heavy atom. The molecule has 0 spiro atoms. The van der Waals surface area contributed by atoms with Crippen LogP contribution in [0.15, 0.2) is 47.8 Å². The Morgan fingerprint density at radius 2 is 1.97 bits per heavy atom. The van der Waals surface area contributed by atoms with Gasteiger partial charge in [0.2, 0.25) is 5.91 Å². The van der Waals surface area contributed by atoms with Crippen LogP contribution in [0.5, 0.6) is 5.75 Å². The minimum Gasteiger partial charge on any atom is -0.490 e. The highest BCUT2D eigenvalue weighted by Gasteiger charge is 2.15. The lowest BCUT2D eigenvalue weighted by molar-refractivity contribution is -0.116. The summed E-state index contributed by atoms with van der Waals surface area (Å²) in [6.07, 6.45) is 7.71. The third kappa shape index (κ3) is 8.09. The van der Waals surface area contributed by atoms with Crippen molar-refractivity contribution < 1.29 is 14.3 Å². The fourth-order valence-electron chi connectivity index (χ4n) is 3.25. The van der Waals surface area contributed by atoms with E-state index in [4.69, 9.17) is 22.8 Å². The highest BCUT2D eigenvalue weighted by Crippen LogP contribution is 2.31. The number of ether oxygens (including phenoxy) is 1. The first-order chi connectivity index (χ1) is 17.4. The maximum Gasteiger partial charge on any atom is 0.257 e. The second-order valence-corrected chi connectivity index (χ2v) is 9.56. The molecule has 0 aliphatic carbocycles. The predicted molar refractivity (Wildman–Crippen MR) is 147 cm³/mol. The maximum absolute atomic E-state index is 13.0. The molecule has 3 rings (SSSR count). The van der Waals surface area contributed by atoms with E-state index in [1.807, 2.05) is 42.6 Å². The van der Waals surface area contributed by atoms with Crippen molar-refractivity contribution in [2.24, 2.45) is 0 Å². The predicted octanol–water partition coefficient (Wildman–Crippen LogP) is 5.79. The molecular weight excluding hydrogens is 496 g/mol. The van der Waals surface area contributed by atoms with Crippen LogP contribution in [-0.2, 0) is 4.79 Å². The van der Waals surface area contributed by atoms with Crippen LogP contribution < -0.4 is 15.4 Å². The summed E-state index contributed by atoms with van der Waals surface area (Å²) in [6.45, 7) is 1.15. The topological polar surface area (TPSA) is 83.6 Å². The molecular formula is C27H29ClN4O3S. The van der Waals surface area contributed by atoms with Crippen LogP contribution in [0, 0.1) is 12.3 Å². The first kappa shape index (κ1) is 27.2. The van der Waals surface area contributed by atoms with E-state index in [9.17, 15) is 9.59 Å². The van der Waals surface area contributed by atoms with Crippen molar-refractivity contribution in [2.45, 2.75) is 25.7 Å². The molecule has 1 aromatic heterocycles. The lowest BCUT2D eigenvalue weighted by Gasteiger charge is -2.16. The first-order valence-electron chi connectivity index (χ1n) is 11.5. The number of hydrogen-bond acceptors (Lipinski definition) is 6. The Balaban J connectivity index is 1.73. The number of nitrogens with one attached hydrogen (secondary N) is 2. The largest absolute Gasteiger partial charge is 0.490 e. The van der Waals surface area contributed by atoms with Gasteiger partial charge in [0.25, 0.3) is 5.91 Å². The summed E-state index contributed by atoms with van der Waals surface area (Å²) in [5, 5.41) is 8.57. The van der Waals surface area contributed by atoms with E-state index in [0.717, 1.165) is 12.0 Å². The van der Waals surface area contributed by atoms with Gasteiger partial charge in [-0.05, 0) is 51.2 Å². The van der Waals surface area contributed by atoms with Gasteiger partial charge in [0, 0.05) is 40.9 Å². The van der Waals surface area contributed by atoms with Crippen LogP contribution in [0.4, 0.5) is 10.8 Å². The van der Waals surface area contributed by atoms with Gasteiger partial charge in [-0.3, -0.25) is 14.9 Å². The second kappa shape index (κ2) is 13.6. The number of benzene rings is 2. The van der Waals surface area contributed by atoms with E-state index in [1.54, 1.807) is 24.3 Å². The molecule has 0 aliphatic rings. The minimum absolute atomic E-state index is 0.161. The number of aromatic nitrogens is 1. The molecule has 0 saturated carbocycles. The van der Waals surface area contributed by atoms with Crippen molar-refractivity contribution in [3.05, 3.63) is 58.4 Å². The zero-order valence-electron chi connectivity index (χ0n) is 20.3. The lowest BCUT2D eigenvalue weighted by Crippen LogP contribution is -2.20. The molecule has 36 heavy (non-hydrogen) atoms. The van der Waals surface area contributed by atoms with E-state index >= 15 is 0 Å². The number of unbranched alkanes of at least 4 members (excludes halogenated alkanes) is 2. The van der Waals surface area contributed by atoms with Crippen molar-refractivity contribution in [2.75, 3.05) is 37.9 Å². The number of amides is 2. The number of hydrogen-bond donors (Lipinski definition) is 2. The number of terminal acetylenes is 1. The SMILES string of the molecule is C#CCCCCC(=O)Nc1cc(C(=O)Nc2nc(-c3ccccc3Cl)cs2)ccc1OCCN(C)C. The quantitative estimate of drug-likeness (QED) is 0.231. The van der Waals surface area contributed by atoms with Crippen molar-refractivity contribution in [3.63, 3.8) is 0 Å². The number of nitrogens with zero attached hydrogens (tertiary/aromatic N) is 2. The van der Waals surface area contributed by atoms with Crippen LogP contribution in [-0.4, -0.2) is 48.9 Å². The van der Waals surface area contributed by atoms with Crippen LogP contribution in [0.1, 0.15) is 36.0 Å². The standard InChI is InChI=1S/C27H29ClN4O3S/c1-4-5-6-7-12-25(33)29-22-17-19(13-14-24(22)35-16-15-32(2)3)26(34)31-27-30-23(18-36-27)20-10-8-9-11-21(20)28/h1,8-11,13-14,17-18H,5-7,12,15-16H2,2-3H3,(H,29,33)(H,30,31,34). The Labute approximate surface area is 220 Å². The van der Waals surface area contributed by atoms with Crippen LogP contribution >= 0.6 is 22.9 Å². The molecule has 0 atom stereocenters. The van der Waals surface area contributed by atoms with Crippen LogP contribution in [0.2, 0.25) is 5.02 Å². The molecule has 0 radical (unpaired) electrons. The Morgan fingerprint density at radius 1 is 1.17 bits per heavy atom. The van der Waals surface area contributed by atoms with Gasteiger partial charge in [-0.2, -0.15) is 0 Å². The number of anilines is 2. The third-order valence-electron chi connectivity index (χ3n) is 5.16. The first-order valence-corrected chi connectivity index (χ1v) is 12.8. The molecule has 7 nitrogen and oxygen atoms in total. The number of carbonyl (C=O) groups excluding carboxylic acids is 2. The summed E-state index contributed by atoms with van der Waals surface area (Å²) in [6, 6.07) is 12.4. The van der Waals surface area contributed by atoms with Gasteiger partial charge < -0.3 is 15.0 Å². The summed E-state index contributed by atoms with van der Waals surface area (Å²) in [5.74, 6) is 2.57. The molecule has 2 amide bonds. The van der Waals surface area contributed by atoms with Gasteiger partial charge in [0.15, 0.2) is 5.13 Å². The van der Waals surface area contributed by atoms with E-state index in [-0.39, 0.29) is 11.8 Å². The zero-order chi connectivity index (χ0) is 25.9. The summed E-state index contributed by atoms with van der Waals surface area (Å²) >= 11 is 7.57. The molecule has 3 aromatic rings. The summed E-state index contributed by atoms with van der Waals surface area (Å²) in [4.78, 5) is 32.0. The lowest BCUT2D eigenvalue weighted by atomic mass is 10.1. The molecule has 0 bridgehead atoms. The number of halogens is 1. The third-order valence-corrected chi connectivity index (χ3v) is 6.25. The number of thiazole rings is 1. The van der Waals surface area contributed by atoms with Crippen molar-refractivity contribution in [3.8, 4) is 29.4 Å².